The molecule has 5 aliphatic heterocycles. The van der Waals surface area contributed by atoms with Crippen LogP contribution in [0.2, 0.25) is 5.28 Å². The molecule has 71 heavy (non-hydrogen) atoms. The molecule has 4 unspecified atom stereocenters. The van der Waals surface area contributed by atoms with Gasteiger partial charge < -0.3 is 35.9 Å². The van der Waals surface area contributed by atoms with Gasteiger partial charge in [0.2, 0.25) is 11.2 Å². The van der Waals surface area contributed by atoms with Crippen LogP contribution < -0.4 is 31.2 Å². The average Bonchev–Trinajstić information content (AvgIpc) is 4.05. The fourth-order valence-electron chi connectivity index (χ4n) is 11.6. The molecule has 0 radical (unpaired) electrons. The van der Waals surface area contributed by atoms with Crippen LogP contribution in [-0.4, -0.2) is 103 Å². The Kier molecular flexibility index (Phi) is 17.0. The second-order valence-corrected chi connectivity index (χ2v) is 21.4. The van der Waals surface area contributed by atoms with Crippen molar-refractivity contribution < 1.29 is 23.0 Å². The topological polar surface area (TPSA) is 195 Å². The van der Waals surface area contributed by atoms with Crippen molar-refractivity contribution in [2.45, 2.75) is 171 Å². The quantitative estimate of drug-likeness (QED) is 0.0865. The van der Waals surface area contributed by atoms with Crippen LogP contribution in [-0.2, 0) is 4.74 Å². The highest BCUT2D eigenvalue weighted by atomic mass is 35.5. The zero-order chi connectivity index (χ0) is 50.1. The SMILES string of the molecule is CC1(C)CC(Nc2nc(Cl)ncc2F)CC2CCCN21.CC1(C)CC(Nc2nc(Nc3ccc(OC4CCOCC4)c(C#N)c3)ncc2F)CC2CCCN21.N#Cc1cc(N)ccc1OC1CCCCC1. The number of fused-ring (bicyclic) bond motifs is 2. The van der Waals surface area contributed by atoms with Crippen LogP contribution in [0.1, 0.15) is 135 Å². The van der Waals surface area contributed by atoms with Crippen LogP contribution in [0.3, 0.4) is 0 Å². The van der Waals surface area contributed by atoms with Gasteiger partial charge in [0.1, 0.15) is 29.7 Å². The van der Waals surface area contributed by atoms with Crippen molar-refractivity contribution in [2.24, 2.45) is 0 Å². The molecule has 5 saturated heterocycles. The summed E-state index contributed by atoms with van der Waals surface area (Å²) < 4.78 is 45.6. The molecule has 15 nitrogen and oxygen atoms in total. The van der Waals surface area contributed by atoms with Crippen molar-refractivity contribution >= 4 is 40.6 Å². The Morgan fingerprint density at radius 1 is 0.704 bits per heavy atom. The smallest absolute Gasteiger partial charge is 0.229 e. The van der Waals surface area contributed by atoms with Gasteiger partial charge in [0, 0.05) is 59.5 Å². The molecule has 1 aliphatic carbocycles. The lowest BCUT2D eigenvalue weighted by molar-refractivity contribution is 0.0254. The van der Waals surface area contributed by atoms with E-state index in [1.165, 1.54) is 57.7 Å². The molecular weight excluding hydrogens is 926 g/mol. The number of anilines is 5. The summed E-state index contributed by atoms with van der Waals surface area (Å²) in [5, 5.41) is 28.4. The van der Waals surface area contributed by atoms with Crippen molar-refractivity contribution in [3.63, 3.8) is 0 Å². The Morgan fingerprint density at radius 3 is 1.83 bits per heavy atom. The van der Waals surface area contributed by atoms with Gasteiger partial charge in [-0.05, 0) is 166 Å². The molecule has 2 aromatic heterocycles. The minimum Gasteiger partial charge on any atom is -0.489 e. The molecule has 6 fully saturated rings. The molecule has 18 heteroatoms. The van der Waals surface area contributed by atoms with Crippen LogP contribution in [0.15, 0.2) is 48.8 Å². The minimum absolute atomic E-state index is 0.0461. The summed E-state index contributed by atoms with van der Waals surface area (Å²) in [5.41, 5.74) is 8.04. The molecule has 5 N–H and O–H groups in total. The number of ether oxygens (including phenoxy) is 3. The summed E-state index contributed by atoms with van der Waals surface area (Å²) >= 11 is 5.74. The molecule has 4 atom stereocenters. The van der Waals surface area contributed by atoms with Gasteiger partial charge in [-0.25, -0.2) is 18.7 Å². The van der Waals surface area contributed by atoms with Gasteiger partial charge in [-0.1, -0.05) is 6.42 Å². The summed E-state index contributed by atoms with van der Waals surface area (Å²) in [4.78, 5) is 21.3. The van der Waals surface area contributed by atoms with Crippen LogP contribution in [0.4, 0.5) is 37.7 Å². The van der Waals surface area contributed by atoms with Crippen molar-refractivity contribution in [1.82, 2.24) is 29.7 Å². The predicted molar refractivity (Wildman–Crippen MR) is 272 cm³/mol. The molecule has 6 aliphatic rings. The van der Waals surface area contributed by atoms with Gasteiger partial charge in [-0.2, -0.15) is 20.5 Å². The summed E-state index contributed by atoms with van der Waals surface area (Å²) in [6.07, 6.45) is 19.0. The van der Waals surface area contributed by atoms with E-state index >= 15 is 0 Å². The van der Waals surface area contributed by atoms with Gasteiger partial charge in [0.15, 0.2) is 23.3 Å². The number of halogens is 3. The summed E-state index contributed by atoms with van der Waals surface area (Å²) in [6, 6.07) is 16.3. The number of nitrogens with zero attached hydrogens (tertiary/aromatic N) is 8. The second kappa shape index (κ2) is 23.3. The Morgan fingerprint density at radius 2 is 1.24 bits per heavy atom. The van der Waals surface area contributed by atoms with Gasteiger partial charge >= 0.3 is 0 Å². The average molecular weight is 996 g/mol. The molecule has 10 rings (SSSR count). The van der Waals surface area contributed by atoms with Crippen LogP contribution in [0.5, 0.6) is 11.5 Å². The van der Waals surface area contributed by atoms with Crippen molar-refractivity contribution in [3.05, 3.63) is 76.8 Å². The lowest BCUT2D eigenvalue weighted by atomic mass is 9.84. The highest BCUT2D eigenvalue weighted by molar-refractivity contribution is 6.28. The van der Waals surface area contributed by atoms with Gasteiger partial charge in [-0.3, -0.25) is 9.80 Å². The third kappa shape index (κ3) is 13.5. The summed E-state index contributed by atoms with van der Waals surface area (Å²) in [5.74, 6) is 0.999. The largest absolute Gasteiger partial charge is 0.489 e. The van der Waals surface area contributed by atoms with Gasteiger partial charge in [-0.15, -0.1) is 0 Å². The van der Waals surface area contributed by atoms with E-state index in [-0.39, 0.29) is 58.2 Å². The second-order valence-electron chi connectivity index (χ2n) is 21.0. The fourth-order valence-corrected chi connectivity index (χ4v) is 11.7. The number of nitrogens with two attached hydrogens (primary N) is 1. The number of piperidine rings is 2. The fraction of sp³-hybridized carbons (Fsp3) is 0.585. The molecule has 7 heterocycles. The van der Waals surface area contributed by atoms with Gasteiger partial charge in [0.25, 0.3) is 0 Å². The standard InChI is InChI=1S/C26H33FN6O2.C14H20ClFN4.C13H16N2O/c1-26(2)14-19(13-20-4-3-9-33(20)26)30-24-22(27)16-29-25(32-24)31-18-5-6-23(17(12-18)15-28)35-21-7-10-34-11-8-21;1-14(2)7-9(6-10-4-3-5-20(10)14)18-12-11(16)8-17-13(15)19-12;14-9-10-8-11(15)6-7-13(10)16-12-4-2-1-3-5-12/h5-6,12,16,19-21H,3-4,7-11,13-14H2,1-2H3,(H2,29,30,31,32);8-10H,3-7H2,1-2H3,(H,17,18,19);6-8,12H,1-5,15H2. The zero-order valence-corrected chi connectivity index (χ0v) is 42.3. The predicted octanol–water partition coefficient (Wildman–Crippen LogP) is 10.5. The lowest BCUT2D eigenvalue weighted by Gasteiger charge is -2.47. The number of nitrogens with one attached hydrogen (secondary N) is 3. The molecule has 2 aromatic carbocycles. The highest BCUT2D eigenvalue weighted by Gasteiger charge is 2.44. The van der Waals surface area contributed by atoms with E-state index < -0.39 is 11.6 Å². The van der Waals surface area contributed by atoms with E-state index in [4.69, 9.17) is 36.8 Å². The Bertz CT molecular complexity index is 2530. The normalized spacial score (nSPS) is 24.0. The molecule has 4 aromatic rings. The summed E-state index contributed by atoms with van der Waals surface area (Å²) in [7, 11) is 0. The van der Waals surface area contributed by atoms with E-state index in [1.807, 2.05) is 6.07 Å². The first-order valence-corrected chi connectivity index (χ1v) is 25.8. The molecule has 0 spiro atoms. The number of aromatic nitrogens is 4. The minimum atomic E-state index is -0.472. The third-order valence-electron chi connectivity index (χ3n) is 14.8. The molecule has 0 bridgehead atoms. The first kappa shape index (κ1) is 51.8. The van der Waals surface area contributed by atoms with E-state index in [1.54, 1.807) is 30.3 Å². The van der Waals surface area contributed by atoms with Gasteiger partial charge in [0.05, 0.1) is 42.8 Å². The number of nitrogen functional groups attached to an aromatic ring is 1. The molecular formula is C53H69ClF2N12O3. The third-order valence-corrected chi connectivity index (χ3v) is 15.0. The monoisotopic (exact) mass is 995 g/mol. The highest BCUT2D eigenvalue weighted by Crippen LogP contribution is 2.40. The molecule has 380 valence electrons. The number of nitriles is 2. The van der Waals surface area contributed by atoms with E-state index in [2.05, 4.69) is 85.5 Å². The first-order chi connectivity index (χ1) is 34.2. The molecule has 0 amide bonds. The molecule has 1 saturated carbocycles. The summed E-state index contributed by atoms with van der Waals surface area (Å²) in [6.45, 7) is 12.7. The number of hydrogen-bond donors (Lipinski definition) is 4. The van der Waals surface area contributed by atoms with Crippen LogP contribution in [0.25, 0.3) is 0 Å². The maximum absolute atomic E-state index is 14.6. The lowest BCUT2D eigenvalue weighted by Crippen LogP contribution is -2.55. The van der Waals surface area contributed by atoms with E-state index in [0.717, 1.165) is 64.1 Å². The maximum Gasteiger partial charge on any atom is 0.229 e. The maximum atomic E-state index is 14.6. The van der Waals surface area contributed by atoms with Crippen LogP contribution in [0, 0.1) is 34.3 Å². The Balaban J connectivity index is 0.000000158. The Labute approximate surface area is 422 Å². The van der Waals surface area contributed by atoms with Crippen molar-refractivity contribution in [1.29, 1.82) is 10.5 Å². The van der Waals surface area contributed by atoms with E-state index in [9.17, 15) is 14.0 Å². The van der Waals surface area contributed by atoms with Crippen molar-refractivity contribution in [2.75, 3.05) is 48.0 Å². The number of hydrogen-bond acceptors (Lipinski definition) is 15. The first-order valence-electron chi connectivity index (χ1n) is 25.5. The zero-order valence-electron chi connectivity index (χ0n) is 41.5. The van der Waals surface area contributed by atoms with Crippen LogP contribution >= 0.6 is 11.6 Å². The van der Waals surface area contributed by atoms with Crippen molar-refractivity contribution in [3.8, 4) is 23.6 Å². The number of rotatable bonds is 10. The number of benzene rings is 2. The van der Waals surface area contributed by atoms with E-state index in [0.29, 0.717) is 59.3 Å². The Hall–Kier alpha value is -5.59.